The lowest BCUT2D eigenvalue weighted by molar-refractivity contribution is -0.135. The van der Waals surface area contributed by atoms with Crippen molar-refractivity contribution in [1.29, 1.82) is 0 Å². The van der Waals surface area contributed by atoms with Gasteiger partial charge in [-0.3, -0.25) is 43.6 Å². The molecule has 3 fully saturated rings. The Balaban J connectivity index is 0.821. The van der Waals surface area contributed by atoms with Crippen LogP contribution in [0.15, 0.2) is 65.8 Å². The van der Waals surface area contributed by atoms with Gasteiger partial charge < -0.3 is 25.2 Å². The summed E-state index contributed by atoms with van der Waals surface area (Å²) in [7, 11) is -1.98. The Hall–Kier alpha value is -6.64. The van der Waals surface area contributed by atoms with Gasteiger partial charge in [-0.25, -0.2) is 18.2 Å². The molecule has 6 heterocycles. The number of nitrogens with one attached hydrogen (secondary N) is 4. The second kappa shape index (κ2) is 19.5. The van der Waals surface area contributed by atoms with Gasteiger partial charge in [0.15, 0.2) is 0 Å². The first kappa shape index (κ1) is 46.5. The van der Waals surface area contributed by atoms with Gasteiger partial charge in [-0.05, 0) is 81.3 Å². The van der Waals surface area contributed by atoms with Crippen LogP contribution in [0.4, 0.5) is 34.5 Å². The Labute approximate surface area is 395 Å². The first-order valence-corrected chi connectivity index (χ1v) is 25.3. The minimum atomic E-state index is -3.64. The molecule has 1 atom stereocenters. The van der Waals surface area contributed by atoms with Crippen molar-refractivity contribution < 1.29 is 22.7 Å². The second-order valence-corrected chi connectivity index (χ2v) is 19.5. The molecule has 19 nitrogen and oxygen atoms in total. The average Bonchev–Trinajstić information content (AvgIpc) is 3.63. The largest absolute Gasteiger partial charge is 0.494 e. The molecule has 68 heavy (non-hydrogen) atoms. The highest BCUT2D eigenvalue weighted by Gasteiger charge is 2.33. The maximum absolute atomic E-state index is 13.7. The summed E-state index contributed by atoms with van der Waals surface area (Å²) in [5.41, 5.74) is 8.01. The maximum Gasteiger partial charge on any atom is 0.329 e. The number of fused-ring (bicyclic) bond motifs is 2. The Morgan fingerprint density at radius 2 is 1.66 bits per heavy atom. The van der Waals surface area contributed by atoms with Gasteiger partial charge >= 0.3 is 5.69 Å². The van der Waals surface area contributed by atoms with Crippen LogP contribution in [0.2, 0.25) is 0 Å². The van der Waals surface area contributed by atoms with Gasteiger partial charge in [0.1, 0.15) is 23.1 Å². The third kappa shape index (κ3) is 9.57. The molecular weight excluding hydrogens is 887 g/mol. The van der Waals surface area contributed by atoms with Crippen molar-refractivity contribution in [2.75, 3.05) is 79.4 Å². The van der Waals surface area contributed by atoms with Crippen LogP contribution in [0.25, 0.3) is 22.1 Å². The van der Waals surface area contributed by atoms with Crippen LogP contribution in [0.5, 0.6) is 5.75 Å². The summed E-state index contributed by atoms with van der Waals surface area (Å²) < 4.78 is 36.7. The predicted octanol–water partition coefficient (Wildman–Crippen LogP) is 5.10. The number of imide groups is 1. The molecule has 3 saturated heterocycles. The van der Waals surface area contributed by atoms with Gasteiger partial charge in [-0.15, -0.1) is 0 Å². The van der Waals surface area contributed by atoms with Crippen LogP contribution in [0.3, 0.4) is 0 Å². The number of carbonyl (C=O) groups excluding carboxylic acids is 2. The van der Waals surface area contributed by atoms with Crippen molar-refractivity contribution in [2.45, 2.75) is 77.9 Å². The molecule has 0 spiro atoms. The molecular formula is C48H59N13O6S. The number of amides is 2. The van der Waals surface area contributed by atoms with Crippen molar-refractivity contribution in [2.24, 2.45) is 0 Å². The minimum absolute atomic E-state index is 0.209. The third-order valence-electron chi connectivity index (χ3n) is 13.5. The van der Waals surface area contributed by atoms with Crippen molar-refractivity contribution in [1.82, 2.24) is 44.2 Å². The van der Waals surface area contributed by atoms with E-state index in [2.05, 4.69) is 75.4 Å². The number of hydrogen-bond donors (Lipinski definition) is 4. The minimum Gasteiger partial charge on any atom is -0.494 e. The average molecular weight is 946 g/mol. The molecule has 20 heteroatoms. The van der Waals surface area contributed by atoms with Gasteiger partial charge in [-0.2, -0.15) is 4.98 Å². The lowest BCUT2D eigenvalue weighted by atomic mass is 9.99. The first-order valence-electron chi connectivity index (χ1n) is 23.4. The molecule has 0 saturated carbocycles. The third-order valence-corrected chi connectivity index (χ3v) is 14.1. The Bertz CT molecular complexity index is 3050. The molecule has 358 valence electrons. The fraction of sp³-hybridized carbons (Fsp3) is 0.438. The van der Waals surface area contributed by atoms with E-state index in [0.29, 0.717) is 53.2 Å². The molecule has 3 aromatic heterocycles. The van der Waals surface area contributed by atoms with E-state index in [-0.39, 0.29) is 23.7 Å². The lowest BCUT2D eigenvalue weighted by Gasteiger charge is -2.43. The smallest absolute Gasteiger partial charge is 0.329 e. The highest BCUT2D eigenvalue weighted by molar-refractivity contribution is 7.92. The number of rotatable bonds is 15. The van der Waals surface area contributed by atoms with Crippen LogP contribution in [-0.2, 0) is 39.0 Å². The number of ether oxygens (including phenoxy) is 1. The fourth-order valence-electron chi connectivity index (χ4n) is 10.0. The maximum atomic E-state index is 13.7. The molecule has 2 amide bonds. The van der Waals surface area contributed by atoms with Crippen molar-refractivity contribution in [3.05, 3.63) is 88.2 Å². The van der Waals surface area contributed by atoms with Crippen molar-refractivity contribution in [3.8, 4) is 5.75 Å². The normalized spacial score (nSPS) is 17.7. The van der Waals surface area contributed by atoms with Gasteiger partial charge in [-0.1, -0.05) is 19.1 Å². The van der Waals surface area contributed by atoms with Gasteiger partial charge in [0, 0.05) is 101 Å². The summed E-state index contributed by atoms with van der Waals surface area (Å²) in [5, 5.41) is 9.08. The topological polar surface area (TPSA) is 214 Å². The molecule has 3 aliphatic heterocycles. The Morgan fingerprint density at radius 1 is 0.882 bits per heavy atom. The number of sulfonamides is 1. The van der Waals surface area contributed by atoms with E-state index >= 15 is 0 Å². The number of imidazole rings is 1. The zero-order valence-corrected chi connectivity index (χ0v) is 40.0. The Kier molecular flexibility index (Phi) is 13.3. The molecule has 9 rings (SSSR count). The summed E-state index contributed by atoms with van der Waals surface area (Å²) in [5.74, 6) is 0.780. The number of para-hydroxylation sites is 1. The summed E-state index contributed by atoms with van der Waals surface area (Å²) in [6.07, 6.45) is 10.1. The SMILES string of the molecule is CCc1cc(Nc2ncc(C)c(Nc3ccc4nccnc4c3NS(C)(=O)=O)n2)c(OC)cc1N1CCC(N2CCN(CCc3cccc4c3n(CC)c(=O)n4C3CCC(=O)NC3=O)CC2)CC1. The van der Waals surface area contributed by atoms with Crippen LogP contribution in [0, 0.1) is 6.92 Å². The summed E-state index contributed by atoms with van der Waals surface area (Å²) >= 11 is 0. The number of anilines is 6. The number of aromatic nitrogens is 6. The molecule has 0 aliphatic carbocycles. The van der Waals surface area contributed by atoms with E-state index < -0.39 is 22.0 Å². The predicted molar refractivity (Wildman–Crippen MR) is 264 cm³/mol. The number of nitrogens with zero attached hydrogens (tertiary/aromatic N) is 9. The van der Waals surface area contributed by atoms with E-state index in [1.54, 1.807) is 40.8 Å². The zero-order valence-electron chi connectivity index (χ0n) is 39.2. The van der Waals surface area contributed by atoms with Gasteiger partial charge in [0.25, 0.3) is 0 Å². The number of benzene rings is 3. The number of carbonyl (C=O) groups is 2. The summed E-state index contributed by atoms with van der Waals surface area (Å²) in [6, 6.07) is 13.5. The number of piperidine rings is 2. The number of aryl methyl sites for hydroxylation is 3. The van der Waals surface area contributed by atoms with Crippen LogP contribution >= 0.6 is 0 Å². The van der Waals surface area contributed by atoms with E-state index in [1.807, 2.05) is 26.0 Å². The standard InChI is InChI=1S/C48H59N13O6S/c1-6-31-27-36(53-47-51-29-30(3)45(55-47)52-35-12-11-34-42(50-19-18-49-34)43(35)56-68(5,65)66)40(67-4)28-39(31)59-21-16-33(17-22-59)58-25-23-57(24-26-58)20-15-32-9-8-10-37-44(32)60(7-2)48(64)61(37)38-13-14-41(62)54-46(38)63/h8-12,18-19,27-29,33,38,56H,6-7,13-17,20-26H2,1-5H3,(H,54,62,63)(H2,51,52,53,55). The first-order chi connectivity index (χ1) is 32.8. The molecule has 0 bridgehead atoms. The van der Waals surface area contributed by atoms with E-state index in [0.717, 1.165) is 111 Å². The second-order valence-electron chi connectivity index (χ2n) is 17.8. The lowest BCUT2D eigenvalue weighted by Crippen LogP contribution is -2.53. The highest BCUT2D eigenvalue weighted by atomic mass is 32.2. The quantitative estimate of drug-likeness (QED) is 0.0987. The Morgan fingerprint density at radius 3 is 2.38 bits per heavy atom. The number of methoxy groups -OCH3 is 1. The van der Waals surface area contributed by atoms with Crippen molar-refractivity contribution >= 4 is 78.4 Å². The molecule has 1 unspecified atom stereocenters. The molecule has 0 radical (unpaired) electrons. The molecule has 6 aromatic rings. The highest BCUT2D eigenvalue weighted by Crippen LogP contribution is 2.38. The van der Waals surface area contributed by atoms with Crippen LogP contribution in [0.1, 0.15) is 62.3 Å². The number of hydrogen-bond acceptors (Lipinski definition) is 15. The van der Waals surface area contributed by atoms with E-state index in [1.165, 1.54) is 11.8 Å². The van der Waals surface area contributed by atoms with E-state index in [4.69, 9.17) is 9.72 Å². The van der Waals surface area contributed by atoms with Gasteiger partial charge in [0.05, 0.1) is 47.0 Å². The van der Waals surface area contributed by atoms with Gasteiger partial charge in [0.2, 0.25) is 27.8 Å². The van der Waals surface area contributed by atoms with Crippen LogP contribution in [-0.4, -0.2) is 124 Å². The molecule has 4 N–H and O–H groups in total. The summed E-state index contributed by atoms with van der Waals surface area (Å²) in [4.78, 5) is 64.1. The van der Waals surface area contributed by atoms with E-state index in [9.17, 15) is 22.8 Å². The molecule has 3 aromatic carbocycles. The fourth-order valence-corrected chi connectivity index (χ4v) is 10.6. The van der Waals surface area contributed by atoms with Crippen molar-refractivity contribution in [3.63, 3.8) is 0 Å². The van der Waals surface area contributed by atoms with Crippen LogP contribution < -0.4 is 36.0 Å². The summed E-state index contributed by atoms with van der Waals surface area (Å²) in [6.45, 7) is 13.2. The monoisotopic (exact) mass is 945 g/mol. The zero-order chi connectivity index (χ0) is 47.7. The molecule has 3 aliphatic rings. The number of piperazine rings is 1.